The number of hydrogen-bond acceptors (Lipinski definition) is 6. The molecule has 3 aromatic rings. The highest BCUT2D eigenvalue weighted by Crippen LogP contribution is 2.41. The topological polar surface area (TPSA) is 107 Å². The van der Waals surface area contributed by atoms with Crippen LogP contribution >= 0.6 is 0 Å². The van der Waals surface area contributed by atoms with Crippen LogP contribution in [0.25, 0.3) is 34.0 Å². The van der Waals surface area contributed by atoms with Crippen molar-refractivity contribution >= 4 is 5.97 Å². The molecule has 3 heterocycles. The molecule has 0 fully saturated rings. The molecule has 1 N–H and O–H groups in total. The number of aliphatic carboxylic acids is 1. The lowest BCUT2D eigenvalue weighted by Crippen LogP contribution is -2.41. The second kappa shape index (κ2) is 9.14. The summed E-state index contributed by atoms with van der Waals surface area (Å²) in [7, 11) is 0. The number of carboxylic acid groups (broad SMARTS) is 1. The summed E-state index contributed by atoms with van der Waals surface area (Å²) in [6, 6.07) is 7.52. The largest absolute Gasteiger partial charge is 0.479 e. The van der Waals surface area contributed by atoms with Crippen LogP contribution in [0.5, 0.6) is 0 Å². The van der Waals surface area contributed by atoms with Gasteiger partial charge < -0.3 is 9.63 Å². The number of halogens is 7. The number of aromatic nitrogens is 5. The monoisotopic (exact) mass is 565 g/mol. The number of imidazole rings is 1. The minimum absolute atomic E-state index is 0.00798. The minimum Gasteiger partial charge on any atom is -0.479 e. The Morgan fingerprint density at radius 1 is 0.900 bits per heavy atom. The van der Waals surface area contributed by atoms with Gasteiger partial charge in [-0.1, -0.05) is 23.4 Å². The van der Waals surface area contributed by atoms with Gasteiger partial charge in [-0.05, 0) is 31.2 Å². The van der Waals surface area contributed by atoms with E-state index in [2.05, 4.69) is 20.2 Å². The van der Waals surface area contributed by atoms with Crippen LogP contribution in [0.4, 0.5) is 30.7 Å². The molecule has 0 saturated carbocycles. The van der Waals surface area contributed by atoms with E-state index in [1.165, 1.54) is 24.4 Å². The summed E-state index contributed by atoms with van der Waals surface area (Å²) in [5, 5.41) is 17.6. The Hall–Kier alpha value is -4.82. The fraction of sp³-hybridized carbons (Fsp3) is 0.160. The maximum atomic E-state index is 14.2. The van der Waals surface area contributed by atoms with E-state index < -0.39 is 57.8 Å². The highest BCUT2D eigenvalue weighted by Gasteiger charge is 2.44. The number of alkyl halides is 6. The number of nitrogens with zero attached hydrogens (tertiary/aromatic N) is 5. The third-order valence-electron chi connectivity index (χ3n) is 6.17. The molecule has 0 radical (unpaired) electrons. The van der Waals surface area contributed by atoms with Crippen molar-refractivity contribution in [2.45, 2.75) is 24.8 Å². The molecule has 8 nitrogen and oxygen atoms in total. The van der Waals surface area contributed by atoms with Crippen LogP contribution in [-0.2, 0) is 22.7 Å². The van der Waals surface area contributed by atoms with Gasteiger partial charge in [-0.25, -0.2) is 23.8 Å². The second-order valence-corrected chi connectivity index (χ2v) is 8.73. The summed E-state index contributed by atoms with van der Waals surface area (Å²) in [5.41, 5.74) is -6.29. The van der Waals surface area contributed by atoms with Crippen molar-refractivity contribution in [2.24, 2.45) is 0 Å². The first-order chi connectivity index (χ1) is 18.7. The molecule has 2 aliphatic rings. The fourth-order valence-corrected chi connectivity index (χ4v) is 3.96. The van der Waals surface area contributed by atoms with Gasteiger partial charge in [0.15, 0.2) is 11.6 Å². The Morgan fingerprint density at radius 3 is 2.25 bits per heavy atom. The highest BCUT2D eigenvalue weighted by atomic mass is 19.4. The number of carboxylic acids is 1. The average molecular weight is 565 g/mol. The predicted octanol–water partition coefficient (Wildman–Crippen LogP) is 6.12. The molecular weight excluding hydrogens is 551 g/mol. The van der Waals surface area contributed by atoms with Crippen molar-refractivity contribution in [2.75, 3.05) is 0 Å². The minimum atomic E-state index is -5.19. The van der Waals surface area contributed by atoms with Crippen molar-refractivity contribution in [1.82, 2.24) is 24.9 Å². The molecule has 1 unspecified atom stereocenters. The molecule has 2 aliphatic heterocycles. The first kappa shape index (κ1) is 26.8. The van der Waals surface area contributed by atoms with Crippen molar-refractivity contribution in [3.05, 3.63) is 83.6 Å². The van der Waals surface area contributed by atoms with E-state index in [1.54, 1.807) is 6.07 Å². The molecule has 15 heteroatoms. The van der Waals surface area contributed by atoms with Crippen LogP contribution < -0.4 is 0 Å². The van der Waals surface area contributed by atoms with Gasteiger partial charge in [-0.15, -0.1) is 0 Å². The van der Waals surface area contributed by atoms with E-state index >= 15 is 0 Å². The molecule has 0 saturated heterocycles. The van der Waals surface area contributed by atoms with Crippen LogP contribution in [-0.4, -0.2) is 36.0 Å². The quantitative estimate of drug-likeness (QED) is 0.256. The Bertz CT molecular complexity index is 1710. The van der Waals surface area contributed by atoms with E-state index in [9.17, 15) is 40.6 Å². The number of fused-ring (bicyclic) bond motifs is 1. The average Bonchev–Trinajstić information content (AvgIpc) is 3.54. The third kappa shape index (κ3) is 4.52. The smallest absolute Gasteiger partial charge is 0.417 e. The molecule has 1 aromatic heterocycles. The summed E-state index contributed by atoms with van der Waals surface area (Å²) in [4.78, 5) is 20.8. The lowest BCUT2D eigenvalue weighted by atomic mass is 9.96. The van der Waals surface area contributed by atoms with Crippen LogP contribution in [0.15, 0.2) is 65.4 Å². The number of hydrogen-bond donors (Lipinski definition) is 1. The maximum absolute atomic E-state index is 14.2. The molecule has 0 amide bonds. The van der Waals surface area contributed by atoms with Crippen LogP contribution in [0.3, 0.4) is 0 Å². The standard InChI is InChI=1S/C25H14F7N5O3/c1-23(22(38)39,37-11-19-18(10-33-37)34-21(35-19)14-4-2-3-5-16(14)26)20-9-17(36-40-20)13-7-6-12(24(27,28)29)8-15(13)25(30,31)32/h2-11H,1H3,(H,38,39). The van der Waals surface area contributed by atoms with E-state index in [4.69, 9.17) is 4.52 Å². The van der Waals surface area contributed by atoms with Gasteiger partial charge in [-0.3, -0.25) is 0 Å². The van der Waals surface area contributed by atoms with Crippen molar-refractivity contribution < 1.29 is 45.2 Å². The van der Waals surface area contributed by atoms with E-state index in [-0.39, 0.29) is 28.8 Å². The zero-order valence-electron chi connectivity index (χ0n) is 19.9. The lowest BCUT2D eigenvalue weighted by Gasteiger charge is -2.24. The van der Waals surface area contributed by atoms with Gasteiger partial charge >= 0.3 is 18.3 Å². The lowest BCUT2D eigenvalue weighted by molar-refractivity contribution is -0.146. The normalized spacial score (nSPS) is 13.9. The van der Waals surface area contributed by atoms with Crippen molar-refractivity contribution in [3.8, 4) is 34.0 Å². The van der Waals surface area contributed by atoms with Gasteiger partial charge in [-0.2, -0.15) is 31.4 Å². The van der Waals surface area contributed by atoms with Crippen molar-refractivity contribution in [3.63, 3.8) is 0 Å². The molecule has 0 spiro atoms. The van der Waals surface area contributed by atoms with E-state index in [0.29, 0.717) is 12.1 Å². The second-order valence-electron chi connectivity index (χ2n) is 8.73. The molecule has 1 atom stereocenters. The first-order valence-electron chi connectivity index (χ1n) is 11.2. The van der Waals surface area contributed by atoms with Gasteiger partial charge in [0.1, 0.15) is 22.9 Å². The summed E-state index contributed by atoms with van der Waals surface area (Å²) < 4.78 is 100. The maximum Gasteiger partial charge on any atom is 0.417 e. The predicted molar refractivity (Wildman–Crippen MR) is 122 cm³/mol. The SMILES string of the molecule is CC(C(=O)O)(c1cc(-c2ccc(C(F)(F)F)cc2C(F)(F)F)no1)n1cc2nc(-c3ccccc3F)nc-2cn1. The molecule has 0 aliphatic carbocycles. The van der Waals surface area contributed by atoms with Gasteiger partial charge in [0.25, 0.3) is 0 Å². The summed E-state index contributed by atoms with van der Waals surface area (Å²) in [6.45, 7) is 1.12. The molecule has 0 bridgehead atoms. The Balaban J connectivity index is 1.59. The molecular formula is C25H14F7N5O3. The number of rotatable bonds is 5. The van der Waals surface area contributed by atoms with Crippen LogP contribution in [0, 0.1) is 5.82 Å². The molecule has 2 aromatic carbocycles. The van der Waals surface area contributed by atoms with Gasteiger partial charge in [0.2, 0.25) is 5.54 Å². The Kier molecular flexibility index (Phi) is 6.11. The van der Waals surface area contributed by atoms with Gasteiger partial charge in [0, 0.05) is 11.6 Å². The summed E-state index contributed by atoms with van der Waals surface area (Å²) in [6.07, 6.45) is -7.91. The zero-order chi connectivity index (χ0) is 29.0. The van der Waals surface area contributed by atoms with Crippen LogP contribution in [0.1, 0.15) is 23.8 Å². The Morgan fingerprint density at radius 2 is 1.60 bits per heavy atom. The fourth-order valence-electron chi connectivity index (χ4n) is 3.96. The van der Waals surface area contributed by atoms with E-state index in [0.717, 1.165) is 23.9 Å². The summed E-state index contributed by atoms with van der Waals surface area (Å²) >= 11 is 0. The van der Waals surface area contributed by atoms with Crippen LogP contribution in [0.2, 0.25) is 0 Å². The summed E-state index contributed by atoms with van der Waals surface area (Å²) in [5.74, 6) is -2.64. The first-order valence-corrected chi connectivity index (χ1v) is 11.2. The van der Waals surface area contributed by atoms with E-state index in [1.807, 2.05) is 0 Å². The molecule has 206 valence electrons. The number of benzene rings is 2. The van der Waals surface area contributed by atoms with Gasteiger partial charge in [0.05, 0.1) is 29.1 Å². The highest BCUT2D eigenvalue weighted by molar-refractivity contribution is 5.81. The van der Waals surface area contributed by atoms with Crippen molar-refractivity contribution in [1.29, 1.82) is 0 Å². The Labute approximate surface area is 219 Å². The molecule has 40 heavy (non-hydrogen) atoms. The number of carbonyl (C=O) groups is 1. The molecule has 5 rings (SSSR count). The zero-order valence-corrected chi connectivity index (χ0v) is 19.9. The third-order valence-corrected chi connectivity index (χ3v) is 6.17.